The number of morpholine rings is 1. The maximum absolute atomic E-state index is 13.4. The standard InChI is InChI=1S/C24H28N4O2/c1-3-27(4-2)19-11-9-18(10-12-19)17-20(24(29)28-13-15-30-16-14-28)23-25-21-7-5-6-8-22(21)26-23/h5-12,17H,3-4,13-16H2,1-2H3,(H,25,26)/b20-17-. The highest BCUT2D eigenvalue weighted by Crippen LogP contribution is 2.24. The Hall–Kier alpha value is -3.12. The molecular formula is C24H28N4O2. The Labute approximate surface area is 177 Å². The van der Waals surface area contributed by atoms with Crippen molar-refractivity contribution in [3.05, 3.63) is 59.9 Å². The highest BCUT2D eigenvalue weighted by Gasteiger charge is 2.24. The molecule has 1 saturated heterocycles. The van der Waals surface area contributed by atoms with Crippen molar-refractivity contribution in [1.29, 1.82) is 0 Å². The number of benzene rings is 2. The van der Waals surface area contributed by atoms with E-state index in [0.717, 1.165) is 29.7 Å². The van der Waals surface area contributed by atoms with Crippen LogP contribution in [0, 0.1) is 0 Å². The number of imidazole rings is 1. The molecule has 1 aliphatic rings. The fourth-order valence-electron chi connectivity index (χ4n) is 3.79. The van der Waals surface area contributed by atoms with Crippen LogP contribution in [0.2, 0.25) is 0 Å². The Morgan fingerprint density at radius 3 is 2.47 bits per heavy atom. The van der Waals surface area contributed by atoms with Crippen LogP contribution < -0.4 is 4.90 Å². The molecule has 1 aliphatic heterocycles. The van der Waals surface area contributed by atoms with E-state index in [1.54, 1.807) is 0 Å². The molecule has 156 valence electrons. The van der Waals surface area contributed by atoms with Gasteiger partial charge in [-0.1, -0.05) is 24.3 Å². The second kappa shape index (κ2) is 9.13. The second-order valence-corrected chi connectivity index (χ2v) is 7.33. The van der Waals surface area contributed by atoms with Crippen molar-refractivity contribution < 1.29 is 9.53 Å². The SMILES string of the molecule is CCN(CC)c1ccc(/C=C(\C(=O)N2CCOCC2)c2nc3ccccc3[nH]2)cc1. The zero-order valence-corrected chi connectivity index (χ0v) is 17.6. The first kappa shape index (κ1) is 20.2. The number of rotatable bonds is 6. The molecule has 0 saturated carbocycles. The maximum atomic E-state index is 13.4. The van der Waals surface area contributed by atoms with Crippen LogP contribution >= 0.6 is 0 Å². The van der Waals surface area contributed by atoms with Gasteiger partial charge < -0.3 is 19.5 Å². The van der Waals surface area contributed by atoms with Crippen molar-refractivity contribution in [2.45, 2.75) is 13.8 Å². The number of ether oxygens (including phenoxy) is 1. The lowest BCUT2D eigenvalue weighted by molar-refractivity contribution is -0.128. The number of aromatic nitrogens is 2. The lowest BCUT2D eigenvalue weighted by Gasteiger charge is -2.27. The van der Waals surface area contributed by atoms with Gasteiger partial charge in [-0.2, -0.15) is 0 Å². The molecule has 1 N–H and O–H groups in total. The minimum Gasteiger partial charge on any atom is -0.378 e. The summed E-state index contributed by atoms with van der Waals surface area (Å²) in [5.74, 6) is 0.575. The number of aromatic amines is 1. The average molecular weight is 405 g/mol. The summed E-state index contributed by atoms with van der Waals surface area (Å²) in [5, 5.41) is 0. The topological polar surface area (TPSA) is 61.5 Å². The number of para-hydroxylation sites is 2. The average Bonchev–Trinajstić information content (AvgIpc) is 3.23. The van der Waals surface area contributed by atoms with Crippen molar-refractivity contribution in [1.82, 2.24) is 14.9 Å². The van der Waals surface area contributed by atoms with Gasteiger partial charge in [0.1, 0.15) is 5.82 Å². The molecular weight excluding hydrogens is 376 g/mol. The van der Waals surface area contributed by atoms with Crippen LogP contribution in [0.3, 0.4) is 0 Å². The minimum absolute atomic E-state index is 0.0230. The van der Waals surface area contributed by atoms with Crippen molar-refractivity contribution in [2.75, 3.05) is 44.3 Å². The molecule has 1 fully saturated rings. The van der Waals surface area contributed by atoms with E-state index in [-0.39, 0.29) is 5.91 Å². The van der Waals surface area contributed by atoms with Crippen molar-refractivity contribution in [2.24, 2.45) is 0 Å². The molecule has 0 bridgehead atoms. The van der Waals surface area contributed by atoms with Crippen LogP contribution in [-0.2, 0) is 9.53 Å². The molecule has 0 atom stereocenters. The van der Waals surface area contributed by atoms with Gasteiger partial charge in [-0.05, 0) is 49.8 Å². The number of carbonyl (C=O) groups excluding carboxylic acids is 1. The van der Waals surface area contributed by atoms with Crippen molar-refractivity contribution in [3.63, 3.8) is 0 Å². The molecule has 6 heteroatoms. The summed E-state index contributed by atoms with van der Waals surface area (Å²) in [7, 11) is 0. The minimum atomic E-state index is -0.0230. The van der Waals surface area contributed by atoms with E-state index in [1.807, 2.05) is 35.2 Å². The van der Waals surface area contributed by atoms with E-state index in [0.29, 0.717) is 37.7 Å². The van der Waals surface area contributed by atoms with Gasteiger partial charge >= 0.3 is 0 Å². The summed E-state index contributed by atoms with van der Waals surface area (Å²) in [6.07, 6.45) is 1.93. The molecule has 3 aromatic rings. The van der Waals surface area contributed by atoms with Gasteiger partial charge in [0.05, 0.1) is 29.8 Å². The second-order valence-electron chi connectivity index (χ2n) is 7.33. The van der Waals surface area contributed by atoms with E-state index in [1.165, 1.54) is 5.69 Å². The van der Waals surface area contributed by atoms with E-state index < -0.39 is 0 Å². The Bertz CT molecular complexity index is 996. The van der Waals surface area contributed by atoms with Crippen LogP contribution in [-0.4, -0.2) is 60.2 Å². The number of nitrogens with one attached hydrogen (secondary N) is 1. The normalized spacial score (nSPS) is 14.9. The molecule has 4 rings (SSSR count). The molecule has 0 radical (unpaired) electrons. The first-order chi connectivity index (χ1) is 14.7. The van der Waals surface area contributed by atoms with Crippen LogP contribution in [0.15, 0.2) is 48.5 Å². The van der Waals surface area contributed by atoms with Crippen molar-refractivity contribution >= 4 is 34.3 Å². The number of hydrogen-bond donors (Lipinski definition) is 1. The summed E-state index contributed by atoms with van der Waals surface area (Å²) in [4.78, 5) is 25.5. The van der Waals surface area contributed by atoms with Gasteiger partial charge in [0.2, 0.25) is 0 Å². The number of anilines is 1. The number of H-pyrrole nitrogens is 1. The number of fused-ring (bicyclic) bond motifs is 1. The van der Waals surface area contributed by atoms with Gasteiger partial charge in [0, 0.05) is 31.9 Å². The third kappa shape index (κ3) is 4.24. The van der Waals surface area contributed by atoms with Gasteiger partial charge in [0.15, 0.2) is 0 Å². The molecule has 0 unspecified atom stereocenters. The van der Waals surface area contributed by atoms with Crippen LogP contribution in [0.25, 0.3) is 22.7 Å². The van der Waals surface area contributed by atoms with Gasteiger partial charge in [-0.15, -0.1) is 0 Å². The Morgan fingerprint density at radius 2 is 1.80 bits per heavy atom. The fourth-order valence-corrected chi connectivity index (χ4v) is 3.79. The zero-order valence-electron chi connectivity index (χ0n) is 17.6. The lowest BCUT2D eigenvalue weighted by Crippen LogP contribution is -2.41. The third-order valence-electron chi connectivity index (χ3n) is 5.51. The van der Waals surface area contributed by atoms with E-state index in [9.17, 15) is 4.79 Å². The Kier molecular flexibility index (Phi) is 6.14. The summed E-state index contributed by atoms with van der Waals surface area (Å²) in [6, 6.07) is 16.2. The largest absolute Gasteiger partial charge is 0.378 e. The highest BCUT2D eigenvalue weighted by molar-refractivity contribution is 6.23. The van der Waals surface area contributed by atoms with Crippen molar-refractivity contribution in [3.8, 4) is 0 Å². The van der Waals surface area contributed by atoms with E-state index >= 15 is 0 Å². The molecule has 6 nitrogen and oxygen atoms in total. The molecule has 1 aromatic heterocycles. The number of hydrogen-bond acceptors (Lipinski definition) is 4. The quantitative estimate of drug-likeness (QED) is 0.635. The number of nitrogens with zero attached hydrogens (tertiary/aromatic N) is 3. The van der Waals surface area contributed by atoms with Crippen LogP contribution in [0.1, 0.15) is 25.2 Å². The first-order valence-corrected chi connectivity index (χ1v) is 10.6. The third-order valence-corrected chi connectivity index (χ3v) is 5.51. The monoisotopic (exact) mass is 404 g/mol. The summed E-state index contributed by atoms with van der Waals surface area (Å²) >= 11 is 0. The summed E-state index contributed by atoms with van der Waals surface area (Å²) in [5.41, 5.74) is 4.50. The Balaban J connectivity index is 1.71. The number of amides is 1. The molecule has 0 spiro atoms. The van der Waals surface area contributed by atoms with E-state index in [4.69, 9.17) is 4.74 Å². The summed E-state index contributed by atoms with van der Waals surface area (Å²) in [6.45, 7) is 8.55. The molecule has 2 heterocycles. The van der Waals surface area contributed by atoms with Crippen LogP contribution in [0.4, 0.5) is 5.69 Å². The van der Waals surface area contributed by atoms with Gasteiger partial charge in [-0.3, -0.25) is 4.79 Å². The molecule has 0 aliphatic carbocycles. The maximum Gasteiger partial charge on any atom is 0.257 e. The number of carbonyl (C=O) groups is 1. The smallest absolute Gasteiger partial charge is 0.257 e. The Morgan fingerprint density at radius 1 is 1.10 bits per heavy atom. The van der Waals surface area contributed by atoms with E-state index in [2.05, 4.69) is 53.0 Å². The predicted molar refractivity (Wildman–Crippen MR) is 121 cm³/mol. The molecule has 2 aromatic carbocycles. The predicted octanol–water partition coefficient (Wildman–Crippen LogP) is 3.81. The van der Waals surface area contributed by atoms with Crippen LogP contribution in [0.5, 0.6) is 0 Å². The van der Waals surface area contributed by atoms with Gasteiger partial charge in [0.25, 0.3) is 5.91 Å². The van der Waals surface area contributed by atoms with Gasteiger partial charge in [-0.25, -0.2) is 4.98 Å². The molecule has 30 heavy (non-hydrogen) atoms. The zero-order chi connectivity index (χ0) is 20.9. The highest BCUT2D eigenvalue weighted by atomic mass is 16.5. The lowest BCUT2D eigenvalue weighted by atomic mass is 10.1. The first-order valence-electron chi connectivity index (χ1n) is 10.6. The summed E-state index contributed by atoms with van der Waals surface area (Å²) < 4.78 is 5.42. The molecule has 1 amide bonds. The fraction of sp³-hybridized carbons (Fsp3) is 0.333.